The molecule has 0 heterocycles. The number of benzene rings is 2. The largest absolute Gasteiger partial charge is 0.480 e. The zero-order chi connectivity index (χ0) is 17.5. The van der Waals surface area contributed by atoms with Crippen LogP contribution in [-0.4, -0.2) is 23.0 Å². The van der Waals surface area contributed by atoms with Crippen molar-refractivity contribution in [3.05, 3.63) is 71.5 Å². The molecule has 0 aliphatic heterocycles. The van der Waals surface area contributed by atoms with Crippen LogP contribution < -0.4 is 5.32 Å². The van der Waals surface area contributed by atoms with E-state index in [9.17, 15) is 19.1 Å². The van der Waals surface area contributed by atoms with E-state index in [0.29, 0.717) is 5.56 Å². The molecule has 126 valence electrons. The summed E-state index contributed by atoms with van der Waals surface area (Å²) in [6.45, 7) is 1.81. The van der Waals surface area contributed by atoms with Crippen LogP contribution in [0.15, 0.2) is 54.6 Å². The maximum atomic E-state index is 13.2. The van der Waals surface area contributed by atoms with Crippen molar-refractivity contribution >= 4 is 11.9 Å². The van der Waals surface area contributed by atoms with Gasteiger partial charge in [0.1, 0.15) is 11.9 Å². The zero-order valence-corrected chi connectivity index (χ0v) is 13.4. The van der Waals surface area contributed by atoms with Gasteiger partial charge in [0.05, 0.1) is 0 Å². The molecular weight excluding hydrogens is 309 g/mol. The number of amides is 1. The molecule has 0 radical (unpaired) electrons. The number of carboxylic acids is 1. The Labute approximate surface area is 140 Å². The van der Waals surface area contributed by atoms with E-state index in [-0.39, 0.29) is 30.5 Å². The predicted molar refractivity (Wildman–Crippen MR) is 89.1 cm³/mol. The summed E-state index contributed by atoms with van der Waals surface area (Å²) in [6, 6.07) is 14.2. The summed E-state index contributed by atoms with van der Waals surface area (Å²) < 4.78 is 13.2. The van der Waals surface area contributed by atoms with Crippen LogP contribution in [0.3, 0.4) is 0 Å². The van der Waals surface area contributed by atoms with Crippen molar-refractivity contribution in [2.75, 3.05) is 0 Å². The lowest BCUT2D eigenvalue weighted by Gasteiger charge is -2.17. The summed E-state index contributed by atoms with van der Waals surface area (Å²) in [7, 11) is 0. The monoisotopic (exact) mass is 329 g/mol. The highest BCUT2D eigenvalue weighted by molar-refractivity contribution is 5.84. The minimum atomic E-state index is -1.08. The SMILES string of the molecule is CC(CC(=O)NC(Cc1ccccc1)C(=O)O)c1cccc(F)c1. The van der Waals surface area contributed by atoms with Crippen LogP contribution >= 0.6 is 0 Å². The van der Waals surface area contributed by atoms with Crippen molar-refractivity contribution < 1.29 is 19.1 Å². The van der Waals surface area contributed by atoms with Crippen LogP contribution in [-0.2, 0) is 16.0 Å². The summed E-state index contributed by atoms with van der Waals surface area (Å²) >= 11 is 0. The van der Waals surface area contributed by atoms with Gasteiger partial charge in [-0.3, -0.25) is 4.79 Å². The fourth-order valence-electron chi connectivity index (χ4n) is 2.51. The maximum absolute atomic E-state index is 13.2. The molecule has 0 saturated carbocycles. The van der Waals surface area contributed by atoms with Crippen LogP contribution in [0.5, 0.6) is 0 Å². The highest BCUT2D eigenvalue weighted by atomic mass is 19.1. The Hall–Kier alpha value is -2.69. The molecule has 0 aliphatic rings. The summed E-state index contributed by atoms with van der Waals surface area (Å²) in [5.41, 5.74) is 1.54. The van der Waals surface area contributed by atoms with Gasteiger partial charge in [-0.25, -0.2) is 9.18 Å². The van der Waals surface area contributed by atoms with Gasteiger partial charge in [0.15, 0.2) is 0 Å². The van der Waals surface area contributed by atoms with Crippen molar-refractivity contribution in [3.63, 3.8) is 0 Å². The summed E-state index contributed by atoms with van der Waals surface area (Å²) in [4.78, 5) is 23.5. The van der Waals surface area contributed by atoms with Crippen LogP contribution in [0.2, 0.25) is 0 Å². The van der Waals surface area contributed by atoms with Gasteiger partial charge in [0.25, 0.3) is 0 Å². The fraction of sp³-hybridized carbons (Fsp3) is 0.263. The lowest BCUT2D eigenvalue weighted by molar-refractivity contribution is -0.141. The Morgan fingerprint density at radius 1 is 1.12 bits per heavy atom. The molecule has 2 atom stereocenters. The summed E-state index contributed by atoms with van der Waals surface area (Å²) in [5, 5.41) is 11.9. The van der Waals surface area contributed by atoms with Crippen molar-refractivity contribution in [1.82, 2.24) is 5.32 Å². The Kier molecular flexibility index (Phi) is 6.07. The molecule has 2 aromatic carbocycles. The smallest absolute Gasteiger partial charge is 0.326 e. The highest BCUT2D eigenvalue weighted by Gasteiger charge is 2.21. The van der Waals surface area contributed by atoms with Crippen molar-refractivity contribution in [2.24, 2.45) is 0 Å². The van der Waals surface area contributed by atoms with Gasteiger partial charge in [-0.1, -0.05) is 49.4 Å². The number of aliphatic carboxylic acids is 1. The Bertz CT molecular complexity index is 703. The molecule has 0 aromatic heterocycles. The molecular formula is C19H20FNO3. The molecule has 0 saturated heterocycles. The van der Waals surface area contributed by atoms with Crippen LogP contribution in [0.4, 0.5) is 4.39 Å². The Balaban J connectivity index is 1.96. The second-order valence-electron chi connectivity index (χ2n) is 5.81. The number of carbonyl (C=O) groups excluding carboxylic acids is 1. The molecule has 0 fully saturated rings. The normalized spacial score (nSPS) is 13.1. The number of carbonyl (C=O) groups is 2. The van der Waals surface area contributed by atoms with Crippen molar-refractivity contribution in [2.45, 2.75) is 31.7 Å². The molecule has 2 rings (SSSR count). The van der Waals surface area contributed by atoms with E-state index in [1.165, 1.54) is 12.1 Å². The number of hydrogen-bond acceptors (Lipinski definition) is 2. The summed E-state index contributed by atoms with van der Waals surface area (Å²) in [6.07, 6.45) is 0.318. The van der Waals surface area contributed by atoms with Crippen molar-refractivity contribution in [3.8, 4) is 0 Å². The van der Waals surface area contributed by atoms with E-state index < -0.39 is 12.0 Å². The quantitative estimate of drug-likeness (QED) is 0.820. The minimum absolute atomic E-state index is 0.0992. The van der Waals surface area contributed by atoms with Gasteiger partial charge in [-0.05, 0) is 29.2 Å². The first-order chi connectivity index (χ1) is 11.5. The van der Waals surface area contributed by atoms with Crippen LogP contribution in [0.1, 0.15) is 30.4 Å². The lowest BCUT2D eigenvalue weighted by atomic mass is 9.97. The van der Waals surface area contributed by atoms with Gasteiger partial charge in [-0.2, -0.15) is 0 Å². The highest BCUT2D eigenvalue weighted by Crippen LogP contribution is 2.19. The molecule has 5 heteroatoms. The first kappa shape index (κ1) is 17.7. The average molecular weight is 329 g/mol. The number of rotatable bonds is 7. The molecule has 2 unspecified atom stereocenters. The van der Waals surface area contributed by atoms with Gasteiger partial charge >= 0.3 is 5.97 Å². The second kappa shape index (κ2) is 8.24. The molecule has 0 bridgehead atoms. The second-order valence-corrected chi connectivity index (χ2v) is 5.81. The molecule has 24 heavy (non-hydrogen) atoms. The van der Waals surface area contributed by atoms with Gasteiger partial charge in [-0.15, -0.1) is 0 Å². The van der Waals surface area contributed by atoms with E-state index in [2.05, 4.69) is 5.32 Å². The standard InChI is InChI=1S/C19H20FNO3/c1-13(15-8-5-9-16(20)12-15)10-18(22)21-17(19(23)24)11-14-6-3-2-4-7-14/h2-9,12-13,17H,10-11H2,1H3,(H,21,22)(H,23,24). The first-order valence-corrected chi connectivity index (χ1v) is 7.77. The molecule has 2 aromatic rings. The van der Waals surface area contributed by atoms with Crippen molar-refractivity contribution in [1.29, 1.82) is 0 Å². The fourth-order valence-corrected chi connectivity index (χ4v) is 2.51. The average Bonchev–Trinajstić information content (AvgIpc) is 2.55. The van der Waals surface area contributed by atoms with E-state index in [0.717, 1.165) is 5.56 Å². The van der Waals surface area contributed by atoms with E-state index in [1.54, 1.807) is 19.1 Å². The molecule has 4 nitrogen and oxygen atoms in total. The van der Waals surface area contributed by atoms with Gasteiger partial charge < -0.3 is 10.4 Å². The molecule has 1 amide bonds. The molecule has 2 N–H and O–H groups in total. The Morgan fingerprint density at radius 3 is 2.46 bits per heavy atom. The van der Waals surface area contributed by atoms with E-state index in [4.69, 9.17) is 0 Å². The maximum Gasteiger partial charge on any atom is 0.326 e. The van der Waals surface area contributed by atoms with Gasteiger partial charge in [0.2, 0.25) is 5.91 Å². The van der Waals surface area contributed by atoms with Crippen LogP contribution in [0.25, 0.3) is 0 Å². The third-order valence-electron chi connectivity index (χ3n) is 3.83. The number of hydrogen-bond donors (Lipinski definition) is 2. The molecule has 0 spiro atoms. The lowest BCUT2D eigenvalue weighted by Crippen LogP contribution is -2.42. The third-order valence-corrected chi connectivity index (χ3v) is 3.83. The minimum Gasteiger partial charge on any atom is -0.480 e. The molecule has 0 aliphatic carbocycles. The third kappa shape index (κ3) is 5.19. The van der Waals surface area contributed by atoms with E-state index >= 15 is 0 Å². The zero-order valence-electron chi connectivity index (χ0n) is 13.4. The van der Waals surface area contributed by atoms with Gasteiger partial charge in [0, 0.05) is 12.8 Å². The topological polar surface area (TPSA) is 66.4 Å². The number of nitrogens with one attached hydrogen (secondary N) is 1. The van der Waals surface area contributed by atoms with E-state index in [1.807, 2.05) is 30.3 Å². The van der Waals surface area contributed by atoms with Crippen LogP contribution in [0, 0.1) is 5.82 Å². The summed E-state index contributed by atoms with van der Waals surface area (Å²) in [5.74, 6) is -2.00. The predicted octanol–water partition coefficient (Wildman–Crippen LogP) is 3.13. The first-order valence-electron chi connectivity index (χ1n) is 7.77. The Morgan fingerprint density at radius 2 is 1.83 bits per heavy atom. The number of carboxylic acid groups (broad SMARTS) is 1. The number of halogens is 1.